The lowest BCUT2D eigenvalue weighted by Crippen LogP contribution is -2.20. The summed E-state index contributed by atoms with van der Waals surface area (Å²) in [4.78, 5) is -0.647. The monoisotopic (exact) mass is 284 g/mol. The lowest BCUT2D eigenvalue weighted by molar-refractivity contribution is 0.0683. The molecule has 1 atom stereocenters. The molecule has 0 bridgehead atoms. The van der Waals surface area contributed by atoms with Gasteiger partial charge in [0.1, 0.15) is 6.08 Å². The Hall–Kier alpha value is -1.64. The molecule has 20 heavy (non-hydrogen) atoms. The van der Waals surface area contributed by atoms with Crippen LogP contribution in [0.5, 0.6) is 0 Å². The van der Waals surface area contributed by atoms with Crippen LogP contribution in [0.25, 0.3) is 0 Å². The Bertz CT molecular complexity index is 1040. The summed E-state index contributed by atoms with van der Waals surface area (Å²) in [5.41, 5.74) is -0.930. The van der Waals surface area contributed by atoms with Gasteiger partial charge in [-0.3, -0.25) is 0 Å². The maximum Gasteiger partial charge on any atom is 0.108 e. The Morgan fingerprint density at radius 3 is 2.80 bits per heavy atom. The van der Waals surface area contributed by atoms with Crippen molar-refractivity contribution < 1.29 is 25.3 Å². The van der Waals surface area contributed by atoms with Gasteiger partial charge in [-0.15, -0.1) is 0 Å². The molecule has 2 aromatic carbocycles. The average molecular weight is 284 g/mol. The lowest BCUT2D eigenvalue weighted by Gasteiger charge is -2.22. The highest BCUT2D eigenvalue weighted by Gasteiger charge is 2.16. The highest BCUT2D eigenvalue weighted by molar-refractivity contribution is 5.35. The first-order valence-corrected chi connectivity index (χ1v) is 5.74. The smallest absolute Gasteiger partial charge is 0.108 e. The third kappa shape index (κ3) is 3.92. The Morgan fingerprint density at radius 2 is 2.05 bits per heavy atom. The van der Waals surface area contributed by atoms with Crippen LogP contribution in [0.15, 0.2) is 54.5 Å². The van der Waals surface area contributed by atoms with Crippen molar-refractivity contribution in [2.24, 2.45) is 0 Å². The predicted octanol–water partition coefficient (Wildman–Crippen LogP) is 3.66. The summed E-state index contributed by atoms with van der Waals surface area (Å²) >= 11 is 0. The van der Waals surface area contributed by atoms with Crippen molar-refractivity contribution in [2.75, 3.05) is 27.0 Å². The third-order valence-electron chi connectivity index (χ3n) is 2.45. The molecule has 2 nitrogen and oxygen atoms in total. The second-order valence-electron chi connectivity index (χ2n) is 3.85. The topological polar surface area (TPSA) is 12.5 Å². The van der Waals surface area contributed by atoms with Gasteiger partial charge in [-0.2, -0.15) is 0 Å². The van der Waals surface area contributed by atoms with Crippen LogP contribution in [-0.4, -0.2) is 31.9 Å². The van der Waals surface area contributed by atoms with E-state index in [1.54, 1.807) is 0 Å². The Kier molecular flexibility index (Phi) is 1.69. The molecule has 0 aliphatic rings. The largest absolute Gasteiger partial charge is 0.367 e. The van der Waals surface area contributed by atoms with E-state index < -0.39 is 67.7 Å². The maximum atomic E-state index is 9.06. The van der Waals surface area contributed by atoms with Gasteiger partial charge in [0, 0.05) is 17.5 Å². The van der Waals surface area contributed by atoms with Crippen molar-refractivity contribution in [1.82, 2.24) is 4.90 Å². The lowest BCUT2D eigenvalue weighted by atomic mass is 9.97. The van der Waals surface area contributed by atoms with Crippen LogP contribution in [0.2, 0.25) is 0 Å². The fourth-order valence-corrected chi connectivity index (χ4v) is 1.57. The SMILES string of the molecule is [2H]c1c([2H])c([2H])c(C([2H])(OC([2H])([2H])C([2H])([2H])N(C([2H])([2H])[2H])C([2H])([2H])[2H])c2ccccc2)c(C)c1[2H]. The van der Waals surface area contributed by atoms with E-state index >= 15 is 0 Å². The Labute approximate surface area is 143 Å². The molecule has 0 aliphatic heterocycles. The van der Waals surface area contributed by atoms with Gasteiger partial charge in [-0.05, 0) is 37.6 Å². The molecule has 0 heterocycles. The minimum absolute atomic E-state index is 0.179. The molecule has 0 saturated carbocycles. The van der Waals surface area contributed by atoms with Crippen molar-refractivity contribution in [3.8, 4) is 0 Å². The molecule has 0 aromatic heterocycles. The van der Waals surface area contributed by atoms with Crippen molar-refractivity contribution in [3.63, 3.8) is 0 Å². The van der Waals surface area contributed by atoms with Gasteiger partial charge < -0.3 is 9.64 Å². The molecule has 0 amide bonds. The number of rotatable bonds is 6. The van der Waals surface area contributed by atoms with Gasteiger partial charge >= 0.3 is 0 Å². The van der Waals surface area contributed by atoms with Crippen LogP contribution in [0, 0.1) is 6.92 Å². The van der Waals surface area contributed by atoms with E-state index in [9.17, 15) is 0 Å². The zero-order valence-electron chi connectivity index (χ0n) is 25.7. The predicted molar refractivity (Wildman–Crippen MR) is 84.0 cm³/mol. The van der Waals surface area contributed by atoms with Gasteiger partial charge in [0.25, 0.3) is 0 Å². The van der Waals surface area contributed by atoms with E-state index in [4.69, 9.17) is 25.3 Å². The number of benzene rings is 2. The number of hydrogen-bond acceptors (Lipinski definition) is 2. The number of hydrogen-bond donors (Lipinski definition) is 0. The molecular formula is C18H23NO. The molecule has 0 saturated heterocycles. The minimum Gasteiger partial charge on any atom is -0.367 e. The molecule has 0 fully saturated rings. The van der Waals surface area contributed by atoms with E-state index in [0.717, 1.165) is 0 Å². The number of ether oxygens (including phenoxy) is 1. The fourth-order valence-electron chi connectivity index (χ4n) is 1.57. The van der Waals surface area contributed by atoms with Crippen LogP contribution < -0.4 is 0 Å². The minimum atomic E-state index is -3.87. The van der Waals surface area contributed by atoms with Crippen molar-refractivity contribution >= 4 is 0 Å². The molecule has 1 unspecified atom stereocenters. The molecule has 2 aromatic rings. The molecule has 2 heteroatoms. The van der Waals surface area contributed by atoms with E-state index in [1.165, 1.54) is 37.3 Å². The highest BCUT2D eigenvalue weighted by atomic mass is 16.5. The van der Waals surface area contributed by atoms with Gasteiger partial charge in [0.05, 0.1) is 16.2 Å². The standard InChI is InChI=1S/C18H23NO/c1-15-9-7-8-12-17(15)18(20-14-13-19(2)3)16-10-5-4-6-11-16/h4-12,18H,13-14H2,1-3H3/i2D3,3D3,7D,8D,9D,12D,13D2,14D2,18D. The van der Waals surface area contributed by atoms with Gasteiger partial charge in [-0.25, -0.2) is 0 Å². The molecule has 106 valence electrons. The normalized spacial score (nSPS) is 27.8. The van der Waals surface area contributed by atoms with E-state index in [1.807, 2.05) is 0 Å². The summed E-state index contributed by atoms with van der Waals surface area (Å²) in [5.74, 6) is 0. The number of likely N-dealkylation sites (N-methyl/N-ethyl adjacent to an activating group) is 1. The number of nitrogens with zero attached hydrogens (tertiary/aromatic N) is 1. The van der Waals surface area contributed by atoms with Gasteiger partial charge in [-0.1, -0.05) is 54.5 Å². The summed E-state index contributed by atoms with van der Waals surface area (Å²) in [6.45, 7) is -13.7. The van der Waals surface area contributed by atoms with Crippen molar-refractivity contribution in [1.29, 1.82) is 0 Å². The molecule has 0 aliphatic carbocycles. The van der Waals surface area contributed by atoms with E-state index in [0.29, 0.717) is 0 Å². The van der Waals surface area contributed by atoms with Gasteiger partial charge in [0.15, 0.2) is 0 Å². The molecule has 0 radical (unpaired) electrons. The zero-order valence-corrected chi connectivity index (χ0v) is 10.7. The van der Waals surface area contributed by atoms with Crippen LogP contribution in [-0.2, 0) is 4.74 Å². The van der Waals surface area contributed by atoms with Crippen LogP contribution >= 0.6 is 0 Å². The third-order valence-corrected chi connectivity index (χ3v) is 2.45. The van der Waals surface area contributed by atoms with E-state index in [2.05, 4.69) is 0 Å². The zero-order chi connectivity index (χ0) is 27.4. The first kappa shape index (κ1) is 4.69. The van der Waals surface area contributed by atoms with Crippen LogP contribution in [0.1, 0.15) is 43.3 Å². The van der Waals surface area contributed by atoms with Crippen LogP contribution in [0.3, 0.4) is 0 Å². The summed E-state index contributed by atoms with van der Waals surface area (Å²) < 4.78 is 124. The summed E-state index contributed by atoms with van der Waals surface area (Å²) in [6.07, 6.45) is -2.85. The first-order valence-electron chi connectivity index (χ1n) is 13.2. The summed E-state index contributed by atoms with van der Waals surface area (Å²) in [6, 6.07) is 4.22. The second kappa shape index (κ2) is 7.22. The summed E-state index contributed by atoms with van der Waals surface area (Å²) in [5, 5.41) is 0. The molecule has 0 N–H and O–H groups in total. The Morgan fingerprint density at radius 1 is 1.30 bits per heavy atom. The van der Waals surface area contributed by atoms with E-state index in [-0.39, 0.29) is 11.1 Å². The summed E-state index contributed by atoms with van der Waals surface area (Å²) in [7, 11) is 0. The van der Waals surface area contributed by atoms with Crippen molar-refractivity contribution in [3.05, 3.63) is 71.2 Å². The second-order valence-corrected chi connectivity index (χ2v) is 3.85. The molecule has 0 spiro atoms. The quantitative estimate of drug-likeness (QED) is 0.802. The highest BCUT2D eigenvalue weighted by Crippen LogP contribution is 2.28. The van der Waals surface area contributed by atoms with Crippen LogP contribution in [0.4, 0.5) is 0 Å². The molecular weight excluding hydrogens is 246 g/mol. The first-order chi connectivity index (χ1) is 15.6. The van der Waals surface area contributed by atoms with Crippen molar-refractivity contribution in [2.45, 2.75) is 13.0 Å². The maximum absolute atomic E-state index is 9.06. The average Bonchev–Trinajstić information content (AvgIpc) is 2.68. The van der Waals surface area contributed by atoms with Gasteiger partial charge in [0.2, 0.25) is 0 Å². The fraction of sp³-hybridized carbons (Fsp3) is 0.333. The Balaban J connectivity index is 2.86. The molecule has 2 rings (SSSR count).